The van der Waals surface area contributed by atoms with Gasteiger partial charge in [-0.3, -0.25) is 0 Å². The lowest BCUT2D eigenvalue weighted by Crippen LogP contribution is -2.11. The Morgan fingerprint density at radius 1 is 0.892 bits per heavy atom. The normalized spacial score (nSPS) is 14.2. The van der Waals surface area contributed by atoms with Crippen molar-refractivity contribution in [2.75, 3.05) is 0 Å². The van der Waals surface area contributed by atoms with Crippen LogP contribution in [0, 0.1) is 5.82 Å². The molecule has 1 heterocycles. The average molecular weight is 525 g/mol. The van der Waals surface area contributed by atoms with Gasteiger partial charge in [-0.2, -0.15) is 26.3 Å². The third-order valence-electron chi connectivity index (χ3n) is 5.87. The van der Waals surface area contributed by atoms with Crippen LogP contribution in [0.1, 0.15) is 57.7 Å². The van der Waals surface area contributed by atoms with E-state index in [1.165, 1.54) is 18.2 Å². The summed E-state index contributed by atoms with van der Waals surface area (Å²) in [6.45, 7) is -0.307. The summed E-state index contributed by atoms with van der Waals surface area (Å²) in [7, 11) is 0. The van der Waals surface area contributed by atoms with Crippen LogP contribution >= 0.6 is 0 Å². The summed E-state index contributed by atoms with van der Waals surface area (Å²) in [6.07, 6.45) is -8.86. The highest BCUT2D eigenvalue weighted by Gasteiger charge is 2.35. The van der Waals surface area contributed by atoms with E-state index in [1.54, 1.807) is 6.07 Å². The van der Waals surface area contributed by atoms with E-state index in [1.807, 2.05) is 0 Å². The highest BCUT2D eigenvalue weighted by Crippen LogP contribution is 2.45. The number of allylic oxidation sites excluding steroid dienone is 2. The van der Waals surface area contributed by atoms with Gasteiger partial charge in [0.1, 0.15) is 23.9 Å². The van der Waals surface area contributed by atoms with Gasteiger partial charge in [-0.1, -0.05) is 18.2 Å². The van der Waals surface area contributed by atoms with Crippen LogP contribution in [-0.4, -0.2) is 16.1 Å². The number of aromatic nitrogens is 1. The van der Waals surface area contributed by atoms with Gasteiger partial charge in [0.25, 0.3) is 0 Å². The molecule has 1 N–H and O–H groups in total. The lowest BCUT2D eigenvalue weighted by molar-refractivity contribution is -0.138. The van der Waals surface area contributed by atoms with Gasteiger partial charge in [0, 0.05) is 11.1 Å². The molecule has 194 valence electrons. The van der Waals surface area contributed by atoms with Crippen molar-refractivity contribution in [3.05, 3.63) is 94.1 Å². The molecule has 0 amide bonds. The first-order chi connectivity index (χ1) is 17.3. The second kappa shape index (κ2) is 9.87. The summed E-state index contributed by atoms with van der Waals surface area (Å²) >= 11 is 0. The molecule has 1 aliphatic rings. The summed E-state index contributed by atoms with van der Waals surface area (Å²) in [6, 6.07) is 9.43. The van der Waals surface area contributed by atoms with Crippen molar-refractivity contribution in [2.24, 2.45) is 0 Å². The van der Waals surface area contributed by atoms with Crippen molar-refractivity contribution in [3.8, 4) is 5.75 Å². The summed E-state index contributed by atoms with van der Waals surface area (Å²) in [5.41, 5.74) is -2.84. The number of rotatable bonds is 6. The number of ether oxygens (including phenoxy) is 1. The number of carboxylic acids is 1. The van der Waals surface area contributed by atoms with Crippen molar-refractivity contribution >= 4 is 17.1 Å². The number of carbonyl (C=O) groups is 1. The minimum atomic E-state index is -4.87. The standard InChI is InChI=1S/C26H18F7NO3/c27-20-7-2-1-4-14(20)13-37-23-9-8-15(25(28,29)30)10-19(23)17-5-3-6-18(17)21-11-16(26(31,32)33)12-22(34-21)24(35)36/h1-2,4,7-12H,3,5-6,13H2,(H,35,36). The van der Waals surface area contributed by atoms with E-state index >= 15 is 0 Å². The summed E-state index contributed by atoms with van der Waals surface area (Å²) in [5.74, 6) is -2.29. The molecule has 1 aromatic heterocycles. The highest BCUT2D eigenvalue weighted by molar-refractivity contribution is 5.95. The number of hydrogen-bond acceptors (Lipinski definition) is 3. The first-order valence-electron chi connectivity index (χ1n) is 11.0. The van der Waals surface area contributed by atoms with Crippen LogP contribution in [0.4, 0.5) is 30.7 Å². The number of hydrogen-bond donors (Lipinski definition) is 1. The summed E-state index contributed by atoms with van der Waals surface area (Å²) < 4.78 is 101. The molecule has 3 aromatic rings. The van der Waals surface area contributed by atoms with Crippen molar-refractivity contribution in [1.29, 1.82) is 0 Å². The second-order valence-electron chi connectivity index (χ2n) is 8.33. The van der Waals surface area contributed by atoms with Gasteiger partial charge in [0.05, 0.1) is 16.8 Å². The van der Waals surface area contributed by atoms with E-state index in [-0.39, 0.29) is 53.2 Å². The zero-order valence-corrected chi connectivity index (χ0v) is 18.9. The Kier molecular flexibility index (Phi) is 6.98. The van der Waals surface area contributed by atoms with Crippen LogP contribution in [0.15, 0.2) is 54.6 Å². The largest absolute Gasteiger partial charge is 0.488 e. The van der Waals surface area contributed by atoms with Crippen LogP contribution in [0.5, 0.6) is 5.75 Å². The highest BCUT2D eigenvalue weighted by atomic mass is 19.4. The van der Waals surface area contributed by atoms with E-state index in [0.717, 1.165) is 18.2 Å². The molecule has 2 aromatic carbocycles. The molecule has 0 aliphatic heterocycles. The van der Waals surface area contributed by atoms with Crippen LogP contribution in [-0.2, 0) is 19.0 Å². The number of halogens is 7. The van der Waals surface area contributed by atoms with Crippen LogP contribution < -0.4 is 4.74 Å². The van der Waals surface area contributed by atoms with Crippen molar-refractivity contribution in [3.63, 3.8) is 0 Å². The first-order valence-corrected chi connectivity index (χ1v) is 11.0. The minimum Gasteiger partial charge on any atom is -0.488 e. The van der Waals surface area contributed by atoms with Crippen LogP contribution in [0.25, 0.3) is 11.1 Å². The van der Waals surface area contributed by atoms with Crippen LogP contribution in [0.2, 0.25) is 0 Å². The molecule has 1 aliphatic carbocycles. The molecule has 4 rings (SSSR count). The lowest BCUT2D eigenvalue weighted by atomic mass is 9.96. The third kappa shape index (κ3) is 5.76. The number of aromatic carboxylic acids is 1. The Balaban J connectivity index is 1.86. The Morgan fingerprint density at radius 3 is 2.22 bits per heavy atom. The molecule has 0 spiro atoms. The Labute approximate surface area is 206 Å². The SMILES string of the molecule is O=C(O)c1cc(C(F)(F)F)cc(C2=C(c3cc(C(F)(F)F)ccc3OCc3ccccc3F)CCC2)n1. The van der Waals surface area contributed by atoms with Crippen molar-refractivity contribution < 1.29 is 45.4 Å². The maximum Gasteiger partial charge on any atom is 0.416 e. The molecule has 0 radical (unpaired) electrons. The third-order valence-corrected chi connectivity index (χ3v) is 5.87. The van der Waals surface area contributed by atoms with Gasteiger partial charge in [-0.15, -0.1) is 0 Å². The fraction of sp³-hybridized carbons (Fsp3) is 0.231. The molecule has 0 atom stereocenters. The summed E-state index contributed by atoms with van der Waals surface area (Å²) in [4.78, 5) is 15.3. The Morgan fingerprint density at radius 2 is 1.57 bits per heavy atom. The van der Waals surface area contributed by atoms with E-state index < -0.39 is 41.0 Å². The molecule has 0 saturated heterocycles. The molecule has 0 bridgehead atoms. The predicted octanol–water partition coefficient (Wildman–Crippen LogP) is 7.63. The van der Waals surface area contributed by atoms with E-state index in [2.05, 4.69) is 4.98 Å². The molecule has 0 saturated carbocycles. The second-order valence-corrected chi connectivity index (χ2v) is 8.33. The predicted molar refractivity (Wildman–Crippen MR) is 119 cm³/mol. The first kappa shape index (κ1) is 26.2. The average Bonchev–Trinajstić information content (AvgIpc) is 3.32. The Hall–Kier alpha value is -3.89. The molecule has 0 unspecified atom stereocenters. The van der Waals surface area contributed by atoms with Gasteiger partial charge in [-0.05, 0) is 66.8 Å². The number of nitrogens with zero attached hydrogens (tertiary/aromatic N) is 1. The smallest absolute Gasteiger partial charge is 0.416 e. The molecular formula is C26H18F7NO3. The fourth-order valence-electron chi connectivity index (χ4n) is 4.12. The molecule has 11 heteroatoms. The zero-order valence-electron chi connectivity index (χ0n) is 18.9. The van der Waals surface area contributed by atoms with Gasteiger partial charge < -0.3 is 9.84 Å². The quantitative estimate of drug-likeness (QED) is 0.336. The maximum atomic E-state index is 14.0. The molecule has 37 heavy (non-hydrogen) atoms. The lowest BCUT2D eigenvalue weighted by Gasteiger charge is -2.18. The summed E-state index contributed by atoms with van der Waals surface area (Å²) in [5, 5.41) is 9.27. The van der Waals surface area contributed by atoms with Gasteiger partial charge in [0.2, 0.25) is 0 Å². The minimum absolute atomic E-state index is 0.0314. The molecule has 4 nitrogen and oxygen atoms in total. The topological polar surface area (TPSA) is 59.4 Å². The van der Waals surface area contributed by atoms with E-state index in [0.29, 0.717) is 18.6 Å². The zero-order chi connectivity index (χ0) is 27.0. The van der Waals surface area contributed by atoms with Gasteiger partial charge >= 0.3 is 18.3 Å². The molecular weight excluding hydrogens is 507 g/mol. The van der Waals surface area contributed by atoms with Crippen molar-refractivity contribution in [1.82, 2.24) is 4.98 Å². The molecule has 0 fully saturated rings. The van der Waals surface area contributed by atoms with E-state index in [4.69, 9.17) is 4.74 Å². The van der Waals surface area contributed by atoms with Gasteiger partial charge in [-0.25, -0.2) is 14.2 Å². The number of pyridine rings is 1. The van der Waals surface area contributed by atoms with Crippen molar-refractivity contribution in [2.45, 2.75) is 38.2 Å². The Bertz CT molecular complexity index is 1380. The van der Waals surface area contributed by atoms with E-state index in [9.17, 15) is 40.6 Å². The fourth-order valence-corrected chi connectivity index (χ4v) is 4.12. The van der Waals surface area contributed by atoms with Gasteiger partial charge in [0.15, 0.2) is 0 Å². The number of benzene rings is 2. The number of carboxylic acid groups (broad SMARTS) is 1. The van der Waals surface area contributed by atoms with Crippen LogP contribution in [0.3, 0.4) is 0 Å². The maximum absolute atomic E-state index is 14.0. The monoisotopic (exact) mass is 525 g/mol. The number of alkyl halides is 6.